The van der Waals surface area contributed by atoms with Crippen LogP contribution in [-0.2, 0) is 9.59 Å². The maximum atomic E-state index is 10.9. The molecule has 11 heavy (non-hydrogen) atoms. The van der Waals surface area contributed by atoms with Crippen molar-refractivity contribution < 1.29 is 9.59 Å². The van der Waals surface area contributed by atoms with Crippen molar-refractivity contribution in [1.82, 2.24) is 0 Å². The van der Waals surface area contributed by atoms with Gasteiger partial charge in [-0.1, -0.05) is 6.92 Å². The van der Waals surface area contributed by atoms with Crippen LogP contribution in [0.1, 0.15) is 26.7 Å². The molecule has 0 fully saturated rings. The van der Waals surface area contributed by atoms with E-state index in [9.17, 15) is 9.59 Å². The fraction of sp³-hybridized carbons (Fsp3) is 0.750. The Hall–Kier alpha value is -0.310. The van der Waals surface area contributed by atoms with Crippen molar-refractivity contribution >= 4 is 24.2 Å². The first kappa shape index (κ1) is 10.7. The summed E-state index contributed by atoms with van der Waals surface area (Å²) in [7, 11) is 0. The van der Waals surface area contributed by atoms with Gasteiger partial charge in [0.25, 0.3) is 0 Å². The summed E-state index contributed by atoms with van der Waals surface area (Å²) in [6.07, 6.45) is 0.868. The Balaban J connectivity index is 3.88. The molecule has 64 valence electrons. The lowest BCUT2D eigenvalue weighted by Gasteiger charge is -2.07. The molecule has 0 aromatic heterocycles. The predicted octanol–water partition coefficient (Wildman–Crippen LogP) is 1.49. The first-order valence-electron chi connectivity index (χ1n) is 3.74. The van der Waals surface area contributed by atoms with Crippen molar-refractivity contribution in [3.63, 3.8) is 0 Å². The lowest BCUT2D eigenvalue weighted by Crippen LogP contribution is -2.16. The van der Waals surface area contributed by atoms with E-state index in [1.165, 1.54) is 6.92 Å². The number of carbonyl (C=O) groups excluding carboxylic acids is 2. The molecule has 0 aliphatic heterocycles. The third-order valence-electron chi connectivity index (χ3n) is 1.66. The van der Waals surface area contributed by atoms with E-state index >= 15 is 0 Å². The van der Waals surface area contributed by atoms with E-state index in [1.54, 1.807) is 6.92 Å². The fourth-order valence-electron chi connectivity index (χ4n) is 0.756. The number of carbonyl (C=O) groups is 2. The second-order valence-corrected chi connectivity index (χ2v) is 2.95. The third kappa shape index (κ3) is 4.19. The maximum absolute atomic E-state index is 10.9. The molecule has 0 bridgehead atoms. The first-order chi connectivity index (χ1) is 5.11. The average molecular weight is 174 g/mol. The van der Waals surface area contributed by atoms with Crippen molar-refractivity contribution in [3.05, 3.63) is 0 Å². The van der Waals surface area contributed by atoms with E-state index in [0.29, 0.717) is 18.6 Å². The van der Waals surface area contributed by atoms with Crippen molar-refractivity contribution in [1.29, 1.82) is 0 Å². The lowest BCUT2D eigenvalue weighted by molar-refractivity contribution is -0.125. The van der Waals surface area contributed by atoms with Gasteiger partial charge < -0.3 is 0 Å². The number of Topliss-reactive ketones (excluding diaryl/α,β-unsaturated/α-hetero) is 2. The summed E-state index contributed by atoms with van der Waals surface area (Å²) in [5.74, 6) is 0.494. The molecule has 0 radical (unpaired) electrons. The third-order valence-corrected chi connectivity index (χ3v) is 2.10. The van der Waals surface area contributed by atoms with Gasteiger partial charge in [0.2, 0.25) is 0 Å². The first-order valence-corrected chi connectivity index (χ1v) is 4.38. The zero-order chi connectivity index (χ0) is 8.85. The molecular formula is C8H14O2S. The summed E-state index contributed by atoms with van der Waals surface area (Å²) in [6.45, 7) is 3.31. The van der Waals surface area contributed by atoms with Crippen molar-refractivity contribution in [2.24, 2.45) is 5.92 Å². The van der Waals surface area contributed by atoms with Gasteiger partial charge in [-0.05, 0) is 6.92 Å². The topological polar surface area (TPSA) is 34.1 Å². The molecule has 0 saturated carbocycles. The summed E-state index contributed by atoms with van der Waals surface area (Å²) < 4.78 is 0. The van der Waals surface area contributed by atoms with Crippen molar-refractivity contribution in [3.8, 4) is 0 Å². The van der Waals surface area contributed by atoms with Gasteiger partial charge in [0, 0.05) is 24.5 Å². The molecule has 0 heterocycles. The molecule has 0 aliphatic carbocycles. The SMILES string of the molecule is CCC(=O)CC(CS)C(C)=O. The highest BCUT2D eigenvalue weighted by Crippen LogP contribution is 2.08. The Kier molecular flexibility index (Phi) is 5.20. The summed E-state index contributed by atoms with van der Waals surface area (Å²) in [5, 5.41) is 0. The summed E-state index contributed by atoms with van der Waals surface area (Å²) in [4.78, 5) is 21.7. The molecule has 0 saturated heterocycles. The number of hydrogen-bond donors (Lipinski definition) is 1. The van der Waals surface area contributed by atoms with Crippen LogP contribution in [0, 0.1) is 5.92 Å². The minimum absolute atomic E-state index is 0.0572. The Morgan fingerprint density at radius 1 is 1.45 bits per heavy atom. The average Bonchev–Trinajstić information content (AvgIpc) is 1.99. The van der Waals surface area contributed by atoms with Gasteiger partial charge >= 0.3 is 0 Å². The highest BCUT2D eigenvalue weighted by Gasteiger charge is 2.15. The van der Waals surface area contributed by atoms with E-state index in [2.05, 4.69) is 12.6 Å². The second-order valence-electron chi connectivity index (χ2n) is 2.59. The van der Waals surface area contributed by atoms with E-state index in [1.807, 2.05) is 0 Å². The monoisotopic (exact) mass is 174 g/mol. The normalized spacial score (nSPS) is 12.6. The number of ketones is 2. The smallest absolute Gasteiger partial charge is 0.134 e. The molecule has 1 atom stereocenters. The lowest BCUT2D eigenvalue weighted by atomic mass is 10.00. The van der Waals surface area contributed by atoms with Gasteiger partial charge in [0.1, 0.15) is 11.6 Å². The molecule has 0 rings (SSSR count). The minimum atomic E-state index is -0.175. The van der Waals surface area contributed by atoms with Gasteiger partial charge in [0.05, 0.1) is 0 Å². The highest BCUT2D eigenvalue weighted by atomic mass is 32.1. The van der Waals surface area contributed by atoms with Gasteiger partial charge in [-0.2, -0.15) is 12.6 Å². The molecule has 0 aliphatic rings. The van der Waals surface area contributed by atoms with E-state index in [0.717, 1.165) is 0 Å². The van der Waals surface area contributed by atoms with Crippen LogP contribution in [0.3, 0.4) is 0 Å². The predicted molar refractivity (Wildman–Crippen MR) is 47.9 cm³/mol. The van der Waals surface area contributed by atoms with Crippen LogP contribution in [0.2, 0.25) is 0 Å². The summed E-state index contributed by atoms with van der Waals surface area (Å²) in [6, 6.07) is 0. The van der Waals surface area contributed by atoms with Crippen LogP contribution in [0.4, 0.5) is 0 Å². The fourth-order valence-corrected chi connectivity index (χ4v) is 1.14. The van der Waals surface area contributed by atoms with Crippen LogP contribution < -0.4 is 0 Å². The zero-order valence-corrected chi connectivity index (χ0v) is 7.86. The van der Waals surface area contributed by atoms with E-state index < -0.39 is 0 Å². The van der Waals surface area contributed by atoms with Crippen LogP contribution in [0.5, 0.6) is 0 Å². The van der Waals surface area contributed by atoms with E-state index in [-0.39, 0.29) is 17.5 Å². The molecule has 0 aromatic rings. The molecule has 0 aromatic carbocycles. The largest absolute Gasteiger partial charge is 0.300 e. The Morgan fingerprint density at radius 3 is 2.27 bits per heavy atom. The number of thiol groups is 1. The van der Waals surface area contributed by atoms with Crippen molar-refractivity contribution in [2.75, 3.05) is 5.75 Å². The maximum Gasteiger partial charge on any atom is 0.134 e. The molecule has 0 N–H and O–H groups in total. The van der Waals surface area contributed by atoms with Crippen LogP contribution in [-0.4, -0.2) is 17.3 Å². The number of hydrogen-bond acceptors (Lipinski definition) is 3. The Bertz CT molecular complexity index is 154. The Labute approximate surface area is 72.8 Å². The van der Waals surface area contributed by atoms with Crippen LogP contribution in [0.15, 0.2) is 0 Å². The summed E-state index contributed by atoms with van der Waals surface area (Å²) >= 11 is 4.00. The molecule has 2 nitrogen and oxygen atoms in total. The number of rotatable bonds is 5. The van der Waals surface area contributed by atoms with Crippen LogP contribution in [0.25, 0.3) is 0 Å². The van der Waals surface area contributed by atoms with Crippen LogP contribution >= 0.6 is 12.6 Å². The molecule has 0 amide bonds. The van der Waals surface area contributed by atoms with Crippen molar-refractivity contribution in [2.45, 2.75) is 26.7 Å². The second kappa shape index (κ2) is 5.35. The quantitative estimate of drug-likeness (QED) is 0.641. The minimum Gasteiger partial charge on any atom is -0.300 e. The summed E-state index contributed by atoms with van der Waals surface area (Å²) in [5.41, 5.74) is 0. The van der Waals surface area contributed by atoms with Gasteiger partial charge in [-0.3, -0.25) is 9.59 Å². The highest BCUT2D eigenvalue weighted by molar-refractivity contribution is 7.80. The molecular weight excluding hydrogens is 160 g/mol. The van der Waals surface area contributed by atoms with Gasteiger partial charge in [-0.25, -0.2) is 0 Å². The Morgan fingerprint density at radius 2 is 2.00 bits per heavy atom. The molecule has 3 heteroatoms. The molecule has 0 spiro atoms. The zero-order valence-electron chi connectivity index (χ0n) is 6.96. The van der Waals surface area contributed by atoms with E-state index in [4.69, 9.17) is 0 Å². The van der Waals surface area contributed by atoms with Gasteiger partial charge in [-0.15, -0.1) is 0 Å². The van der Waals surface area contributed by atoms with Gasteiger partial charge in [0.15, 0.2) is 0 Å². The molecule has 1 unspecified atom stereocenters. The standard InChI is InChI=1S/C8H14O2S/c1-3-8(10)4-7(5-11)6(2)9/h7,11H,3-5H2,1-2H3.